The van der Waals surface area contributed by atoms with E-state index in [-0.39, 0.29) is 18.5 Å². The van der Waals surface area contributed by atoms with E-state index >= 15 is 0 Å². The minimum absolute atomic E-state index is 0.0855. The smallest absolute Gasteiger partial charge is 0.243 e. The Morgan fingerprint density at radius 1 is 1.12 bits per heavy atom. The van der Waals surface area contributed by atoms with Crippen LogP contribution in [-0.2, 0) is 6.61 Å². The number of aliphatic hydroxyl groups excluding tert-OH is 1. The molecule has 7 heteroatoms. The van der Waals surface area contributed by atoms with Crippen LogP contribution in [0.4, 0.5) is 10.3 Å². The standard InChI is InChI=1S/C17H16FN5O/c1-11(13-2-4-15(18)5-3-13)21-17-20-9-16(22-23-17)14-6-12(10-24)7-19-8-14/h2-9,11,24H,10H2,1H3,(H,20,21,23). The van der Waals surface area contributed by atoms with Crippen molar-refractivity contribution in [2.24, 2.45) is 0 Å². The number of nitrogens with one attached hydrogen (secondary N) is 1. The summed E-state index contributed by atoms with van der Waals surface area (Å²) >= 11 is 0. The molecular formula is C17H16FN5O. The van der Waals surface area contributed by atoms with Gasteiger partial charge in [-0.05, 0) is 36.2 Å². The number of halogens is 1. The summed E-state index contributed by atoms with van der Waals surface area (Å²) in [5.74, 6) is 0.105. The molecule has 1 unspecified atom stereocenters. The van der Waals surface area contributed by atoms with Crippen molar-refractivity contribution < 1.29 is 9.50 Å². The first-order valence-electron chi connectivity index (χ1n) is 7.42. The van der Waals surface area contributed by atoms with E-state index in [2.05, 4.69) is 25.5 Å². The van der Waals surface area contributed by atoms with Gasteiger partial charge in [0.2, 0.25) is 5.95 Å². The normalized spacial score (nSPS) is 12.0. The van der Waals surface area contributed by atoms with E-state index in [0.29, 0.717) is 17.2 Å². The number of benzene rings is 1. The van der Waals surface area contributed by atoms with Gasteiger partial charge in [-0.1, -0.05) is 12.1 Å². The monoisotopic (exact) mass is 325 g/mol. The lowest BCUT2D eigenvalue weighted by molar-refractivity contribution is 0.281. The number of anilines is 1. The fourth-order valence-electron chi connectivity index (χ4n) is 2.22. The average Bonchev–Trinajstić information content (AvgIpc) is 2.63. The molecule has 0 aliphatic heterocycles. The highest BCUT2D eigenvalue weighted by molar-refractivity contribution is 5.57. The summed E-state index contributed by atoms with van der Waals surface area (Å²) in [6.07, 6.45) is 4.81. The molecule has 2 N–H and O–H groups in total. The van der Waals surface area contributed by atoms with Crippen molar-refractivity contribution in [2.75, 3.05) is 5.32 Å². The lowest BCUT2D eigenvalue weighted by Gasteiger charge is -2.13. The molecule has 0 amide bonds. The van der Waals surface area contributed by atoms with Crippen molar-refractivity contribution >= 4 is 5.95 Å². The predicted molar refractivity (Wildman–Crippen MR) is 87.4 cm³/mol. The molecule has 2 heterocycles. The molecule has 3 rings (SSSR count). The third kappa shape index (κ3) is 3.69. The van der Waals surface area contributed by atoms with Gasteiger partial charge >= 0.3 is 0 Å². The lowest BCUT2D eigenvalue weighted by atomic mass is 10.1. The van der Waals surface area contributed by atoms with Gasteiger partial charge in [0.25, 0.3) is 0 Å². The van der Waals surface area contributed by atoms with Crippen LogP contribution in [0.1, 0.15) is 24.1 Å². The van der Waals surface area contributed by atoms with Crippen molar-refractivity contribution in [2.45, 2.75) is 19.6 Å². The van der Waals surface area contributed by atoms with Crippen LogP contribution < -0.4 is 5.32 Å². The molecule has 0 bridgehead atoms. The molecule has 122 valence electrons. The van der Waals surface area contributed by atoms with E-state index in [1.165, 1.54) is 12.1 Å². The molecular weight excluding hydrogens is 309 g/mol. The number of pyridine rings is 1. The second-order valence-electron chi connectivity index (χ2n) is 5.32. The third-order valence-electron chi connectivity index (χ3n) is 3.55. The van der Waals surface area contributed by atoms with Crippen LogP contribution in [0.5, 0.6) is 0 Å². The molecule has 6 nitrogen and oxygen atoms in total. The molecule has 0 radical (unpaired) electrons. The van der Waals surface area contributed by atoms with Gasteiger partial charge in [0.1, 0.15) is 11.5 Å². The van der Waals surface area contributed by atoms with Crippen LogP contribution in [-0.4, -0.2) is 25.3 Å². The van der Waals surface area contributed by atoms with Gasteiger partial charge in [0, 0.05) is 18.0 Å². The van der Waals surface area contributed by atoms with E-state index in [1.54, 1.807) is 36.8 Å². The number of hydrogen-bond acceptors (Lipinski definition) is 6. The maximum Gasteiger partial charge on any atom is 0.243 e. The maximum atomic E-state index is 13.0. The van der Waals surface area contributed by atoms with Gasteiger partial charge in [-0.3, -0.25) is 4.98 Å². The number of aliphatic hydroxyl groups is 1. The summed E-state index contributed by atoms with van der Waals surface area (Å²) in [4.78, 5) is 8.29. The molecule has 0 saturated carbocycles. The fraction of sp³-hybridized carbons (Fsp3) is 0.176. The quantitative estimate of drug-likeness (QED) is 0.750. The Kier molecular flexibility index (Phi) is 4.72. The zero-order valence-corrected chi connectivity index (χ0v) is 13.0. The molecule has 0 aliphatic carbocycles. The van der Waals surface area contributed by atoms with Crippen LogP contribution in [0.2, 0.25) is 0 Å². The maximum absolute atomic E-state index is 13.0. The van der Waals surface area contributed by atoms with Crippen molar-refractivity contribution in [3.63, 3.8) is 0 Å². The van der Waals surface area contributed by atoms with Crippen LogP contribution >= 0.6 is 0 Å². The van der Waals surface area contributed by atoms with E-state index in [1.807, 2.05) is 6.92 Å². The highest BCUT2D eigenvalue weighted by atomic mass is 19.1. The number of aromatic nitrogens is 4. The van der Waals surface area contributed by atoms with Crippen molar-refractivity contribution in [1.29, 1.82) is 0 Å². The fourth-order valence-corrected chi connectivity index (χ4v) is 2.22. The number of nitrogens with zero attached hydrogens (tertiary/aromatic N) is 4. The molecule has 0 saturated heterocycles. The van der Waals surface area contributed by atoms with Gasteiger partial charge < -0.3 is 10.4 Å². The zero-order valence-electron chi connectivity index (χ0n) is 13.0. The largest absolute Gasteiger partial charge is 0.392 e. The number of rotatable bonds is 5. The topological polar surface area (TPSA) is 83.8 Å². The molecule has 0 fully saturated rings. The SMILES string of the molecule is CC(Nc1ncc(-c2cncc(CO)c2)nn1)c1ccc(F)cc1. The summed E-state index contributed by atoms with van der Waals surface area (Å²) in [5.41, 5.74) is 2.92. The summed E-state index contributed by atoms with van der Waals surface area (Å²) in [5, 5.41) is 20.5. The summed E-state index contributed by atoms with van der Waals surface area (Å²) in [6, 6.07) is 7.94. The highest BCUT2D eigenvalue weighted by Gasteiger charge is 2.09. The Morgan fingerprint density at radius 2 is 1.92 bits per heavy atom. The Labute approximate surface area is 138 Å². The Bertz CT molecular complexity index is 808. The second kappa shape index (κ2) is 7.10. The van der Waals surface area contributed by atoms with Gasteiger partial charge in [0.05, 0.1) is 18.8 Å². The summed E-state index contributed by atoms with van der Waals surface area (Å²) in [7, 11) is 0. The van der Waals surface area contributed by atoms with E-state index < -0.39 is 0 Å². The zero-order chi connectivity index (χ0) is 16.9. The van der Waals surface area contributed by atoms with E-state index in [0.717, 1.165) is 11.1 Å². The molecule has 24 heavy (non-hydrogen) atoms. The lowest BCUT2D eigenvalue weighted by Crippen LogP contribution is -2.10. The van der Waals surface area contributed by atoms with Gasteiger partial charge in [0.15, 0.2) is 0 Å². The molecule has 0 aliphatic rings. The first kappa shape index (κ1) is 15.9. The third-order valence-corrected chi connectivity index (χ3v) is 3.55. The van der Waals surface area contributed by atoms with E-state index in [9.17, 15) is 4.39 Å². The molecule has 0 spiro atoms. The second-order valence-corrected chi connectivity index (χ2v) is 5.32. The summed E-state index contributed by atoms with van der Waals surface area (Å²) in [6.45, 7) is 1.84. The van der Waals surface area contributed by atoms with Gasteiger partial charge in [-0.2, -0.15) is 0 Å². The highest BCUT2D eigenvalue weighted by Crippen LogP contribution is 2.19. The Morgan fingerprint density at radius 3 is 2.58 bits per heavy atom. The molecule has 2 aromatic heterocycles. The Hall–Kier alpha value is -2.93. The van der Waals surface area contributed by atoms with Crippen molar-refractivity contribution in [1.82, 2.24) is 20.2 Å². The van der Waals surface area contributed by atoms with Crippen molar-refractivity contribution in [3.8, 4) is 11.3 Å². The average molecular weight is 325 g/mol. The molecule has 3 aromatic rings. The Balaban J connectivity index is 1.73. The first-order valence-corrected chi connectivity index (χ1v) is 7.42. The van der Waals surface area contributed by atoms with Crippen LogP contribution in [0, 0.1) is 5.82 Å². The van der Waals surface area contributed by atoms with Crippen molar-refractivity contribution in [3.05, 3.63) is 65.9 Å². The minimum atomic E-state index is -0.271. The predicted octanol–water partition coefficient (Wildman–Crippen LogP) is 2.74. The number of hydrogen-bond donors (Lipinski definition) is 2. The van der Waals surface area contributed by atoms with Gasteiger partial charge in [-0.15, -0.1) is 10.2 Å². The van der Waals surface area contributed by atoms with Crippen LogP contribution in [0.3, 0.4) is 0 Å². The first-order chi connectivity index (χ1) is 11.7. The summed E-state index contributed by atoms with van der Waals surface area (Å²) < 4.78 is 13.0. The van der Waals surface area contributed by atoms with E-state index in [4.69, 9.17) is 5.11 Å². The molecule has 1 aromatic carbocycles. The van der Waals surface area contributed by atoms with Crippen LogP contribution in [0.25, 0.3) is 11.3 Å². The van der Waals surface area contributed by atoms with Crippen LogP contribution in [0.15, 0.2) is 48.9 Å². The van der Waals surface area contributed by atoms with Gasteiger partial charge in [-0.25, -0.2) is 9.37 Å². The molecule has 1 atom stereocenters. The minimum Gasteiger partial charge on any atom is -0.392 e.